The summed E-state index contributed by atoms with van der Waals surface area (Å²) in [5, 5.41) is 3.06. The maximum atomic E-state index is 13.0. The van der Waals surface area contributed by atoms with E-state index in [1.165, 1.54) is 30.8 Å². The number of halogens is 3. The van der Waals surface area contributed by atoms with Crippen LogP contribution in [-0.4, -0.2) is 49.0 Å². The Bertz CT molecular complexity index is 1200. The topological polar surface area (TPSA) is 88.5 Å². The van der Waals surface area contributed by atoms with E-state index in [1.54, 1.807) is 6.92 Å². The number of carbonyl (C=O) groups is 1. The van der Waals surface area contributed by atoms with Crippen LogP contribution in [0.3, 0.4) is 0 Å². The summed E-state index contributed by atoms with van der Waals surface area (Å²) in [6.45, 7) is 1.77. The number of aromatic nitrogens is 1. The van der Waals surface area contributed by atoms with Crippen LogP contribution in [0, 0.1) is 0 Å². The van der Waals surface area contributed by atoms with Gasteiger partial charge in [-0.2, -0.15) is 13.2 Å². The van der Waals surface area contributed by atoms with Crippen LogP contribution in [0.1, 0.15) is 47.7 Å². The van der Waals surface area contributed by atoms with E-state index >= 15 is 0 Å². The minimum absolute atomic E-state index is 0.129. The van der Waals surface area contributed by atoms with Crippen LogP contribution in [0.2, 0.25) is 0 Å². The number of aliphatic imine (C=N–C) groups is 1. The summed E-state index contributed by atoms with van der Waals surface area (Å²) >= 11 is 0. The molecule has 1 atom stereocenters. The Morgan fingerprint density at radius 2 is 1.84 bits per heavy atom. The van der Waals surface area contributed by atoms with Crippen LogP contribution in [-0.2, 0) is 16.0 Å². The lowest BCUT2D eigenvalue weighted by Crippen LogP contribution is -2.50. The van der Waals surface area contributed by atoms with Crippen molar-refractivity contribution in [2.24, 2.45) is 4.99 Å². The molecule has 1 aliphatic carbocycles. The van der Waals surface area contributed by atoms with Crippen molar-refractivity contribution < 1.29 is 26.4 Å². The first-order valence-corrected chi connectivity index (χ1v) is 12.0. The van der Waals surface area contributed by atoms with Crippen molar-refractivity contribution in [3.63, 3.8) is 0 Å². The zero-order chi connectivity index (χ0) is 23.3. The number of nitrogens with zero attached hydrogens (tertiary/aromatic N) is 2. The van der Waals surface area contributed by atoms with Crippen molar-refractivity contribution in [1.82, 2.24) is 4.98 Å². The first-order chi connectivity index (χ1) is 14.9. The second kappa shape index (κ2) is 7.68. The first-order valence-electron chi connectivity index (χ1n) is 10.1. The molecule has 1 aliphatic heterocycles. The summed E-state index contributed by atoms with van der Waals surface area (Å²) in [5.74, 6) is -0.0261. The smallest absolute Gasteiger partial charge is 0.368 e. The average Bonchev–Trinajstić information content (AvgIpc) is 2.68. The Kier molecular flexibility index (Phi) is 5.39. The molecule has 0 bridgehead atoms. The van der Waals surface area contributed by atoms with Gasteiger partial charge in [-0.05, 0) is 37.5 Å². The van der Waals surface area contributed by atoms with Gasteiger partial charge >= 0.3 is 6.18 Å². The fraction of sp³-hybridized carbons (Fsp3) is 0.409. The van der Waals surface area contributed by atoms with Gasteiger partial charge in [0.1, 0.15) is 11.9 Å². The SMILES string of the molecule is CC1N=Cc2c(-c3ccc(C(F)(F)F)cc3)cnc(NCC3(S(C)(=O)=O)CCC3)c2C1=O. The summed E-state index contributed by atoms with van der Waals surface area (Å²) in [7, 11) is -3.30. The van der Waals surface area contributed by atoms with Gasteiger partial charge in [0.15, 0.2) is 15.6 Å². The lowest BCUT2D eigenvalue weighted by Gasteiger charge is -2.40. The lowest BCUT2D eigenvalue weighted by atomic mass is 9.84. The van der Waals surface area contributed by atoms with Gasteiger partial charge in [0.2, 0.25) is 0 Å². The molecule has 2 aliphatic rings. The normalized spacial score (nSPS) is 19.9. The van der Waals surface area contributed by atoms with Crippen molar-refractivity contribution in [3.05, 3.63) is 47.2 Å². The van der Waals surface area contributed by atoms with E-state index in [0.29, 0.717) is 29.5 Å². The lowest BCUT2D eigenvalue weighted by molar-refractivity contribution is -0.137. The molecule has 1 unspecified atom stereocenters. The third kappa shape index (κ3) is 3.80. The fourth-order valence-corrected chi connectivity index (χ4v) is 5.43. The Balaban J connectivity index is 1.73. The van der Waals surface area contributed by atoms with Crippen molar-refractivity contribution in [3.8, 4) is 11.1 Å². The number of hydrogen-bond donors (Lipinski definition) is 1. The van der Waals surface area contributed by atoms with Gasteiger partial charge in [0, 0.05) is 36.3 Å². The number of benzene rings is 1. The molecule has 0 saturated heterocycles. The van der Waals surface area contributed by atoms with E-state index in [-0.39, 0.29) is 23.7 Å². The molecule has 10 heteroatoms. The van der Waals surface area contributed by atoms with Crippen molar-refractivity contribution in [1.29, 1.82) is 0 Å². The van der Waals surface area contributed by atoms with Gasteiger partial charge in [-0.25, -0.2) is 13.4 Å². The number of anilines is 1. The molecule has 0 amide bonds. The Morgan fingerprint density at radius 3 is 2.38 bits per heavy atom. The predicted molar refractivity (Wildman–Crippen MR) is 116 cm³/mol. The van der Waals surface area contributed by atoms with Crippen LogP contribution in [0.15, 0.2) is 35.5 Å². The maximum Gasteiger partial charge on any atom is 0.416 e. The van der Waals surface area contributed by atoms with Gasteiger partial charge in [-0.1, -0.05) is 18.6 Å². The minimum atomic E-state index is -4.45. The van der Waals surface area contributed by atoms with E-state index < -0.39 is 32.4 Å². The number of sulfone groups is 1. The molecule has 0 radical (unpaired) electrons. The quantitative estimate of drug-likeness (QED) is 0.717. The Labute approximate surface area is 183 Å². The molecule has 2 aromatic rings. The number of nitrogens with one attached hydrogen (secondary N) is 1. The summed E-state index contributed by atoms with van der Waals surface area (Å²) in [6.07, 6.45) is 1.64. The average molecular weight is 465 g/mol. The van der Waals surface area contributed by atoms with Crippen LogP contribution in [0.25, 0.3) is 11.1 Å². The number of Topliss-reactive ketones (excluding diaryl/α,β-unsaturated/α-hetero) is 1. The van der Waals surface area contributed by atoms with E-state index in [2.05, 4.69) is 15.3 Å². The third-order valence-corrected chi connectivity index (χ3v) is 8.45. The van der Waals surface area contributed by atoms with Gasteiger partial charge in [0.25, 0.3) is 0 Å². The third-order valence-electron chi connectivity index (χ3n) is 6.32. The second-order valence-corrected chi connectivity index (χ2v) is 10.8. The molecule has 170 valence electrons. The molecule has 1 N–H and O–H groups in total. The summed E-state index contributed by atoms with van der Waals surface area (Å²) in [5.41, 5.74) is 0.894. The Hall–Kier alpha value is -2.75. The van der Waals surface area contributed by atoms with Crippen molar-refractivity contribution in [2.45, 2.75) is 43.2 Å². The Morgan fingerprint density at radius 1 is 1.19 bits per heavy atom. The predicted octanol–water partition coefficient (Wildman–Crippen LogP) is 4.15. The molecule has 1 saturated carbocycles. The molecule has 2 heterocycles. The van der Waals surface area contributed by atoms with Crippen LogP contribution < -0.4 is 5.32 Å². The monoisotopic (exact) mass is 465 g/mol. The number of pyridine rings is 1. The highest BCUT2D eigenvalue weighted by Crippen LogP contribution is 2.40. The standard InChI is InChI=1S/C22H22F3N3O3S/c1-13-19(29)18-17(11-26-13)16(14-4-6-15(7-5-14)22(23,24)25)10-27-20(18)28-12-21(8-3-9-21)32(2,30)31/h4-7,10-11,13H,3,8-9,12H2,1-2H3,(H,27,28). The highest BCUT2D eigenvalue weighted by molar-refractivity contribution is 7.92. The molecule has 0 spiro atoms. The van der Waals surface area contributed by atoms with Crippen LogP contribution >= 0.6 is 0 Å². The molecule has 1 aromatic carbocycles. The second-order valence-electron chi connectivity index (χ2n) is 8.36. The van der Waals surface area contributed by atoms with E-state index in [0.717, 1.165) is 18.6 Å². The van der Waals surface area contributed by atoms with Crippen LogP contribution in [0.4, 0.5) is 19.0 Å². The number of rotatable bonds is 5. The molecule has 6 nitrogen and oxygen atoms in total. The molecule has 1 fully saturated rings. The van der Waals surface area contributed by atoms with E-state index in [4.69, 9.17) is 0 Å². The van der Waals surface area contributed by atoms with Gasteiger partial charge in [-0.3, -0.25) is 9.79 Å². The number of carbonyl (C=O) groups excluding carboxylic acids is 1. The van der Waals surface area contributed by atoms with Gasteiger partial charge < -0.3 is 5.32 Å². The summed E-state index contributed by atoms with van der Waals surface area (Å²) in [4.78, 5) is 21.5. The maximum absolute atomic E-state index is 13.0. The number of fused-ring (bicyclic) bond motifs is 1. The largest absolute Gasteiger partial charge is 0.416 e. The minimum Gasteiger partial charge on any atom is -0.368 e. The molecular weight excluding hydrogens is 443 g/mol. The summed E-state index contributed by atoms with van der Waals surface area (Å²) in [6, 6.07) is 3.98. The van der Waals surface area contributed by atoms with Crippen molar-refractivity contribution in [2.75, 3.05) is 18.1 Å². The van der Waals surface area contributed by atoms with E-state index in [1.807, 2.05) is 0 Å². The van der Waals surface area contributed by atoms with Crippen LogP contribution in [0.5, 0.6) is 0 Å². The molecule has 4 rings (SSSR count). The van der Waals surface area contributed by atoms with Crippen molar-refractivity contribution >= 4 is 27.7 Å². The van der Waals surface area contributed by atoms with E-state index in [9.17, 15) is 26.4 Å². The molecule has 32 heavy (non-hydrogen) atoms. The number of ketones is 1. The molecule has 1 aromatic heterocycles. The summed E-state index contributed by atoms with van der Waals surface area (Å²) < 4.78 is 62.4. The molecular formula is C22H22F3N3O3S. The number of alkyl halides is 3. The first kappa shape index (κ1) is 22.4. The van der Waals surface area contributed by atoms with Gasteiger partial charge in [0.05, 0.1) is 15.9 Å². The fourth-order valence-electron chi connectivity index (χ4n) is 4.07. The van der Waals surface area contributed by atoms with Gasteiger partial charge in [-0.15, -0.1) is 0 Å². The highest BCUT2D eigenvalue weighted by atomic mass is 32.2. The highest BCUT2D eigenvalue weighted by Gasteiger charge is 2.46. The number of hydrogen-bond acceptors (Lipinski definition) is 6. The zero-order valence-corrected chi connectivity index (χ0v) is 18.3. The zero-order valence-electron chi connectivity index (χ0n) is 17.5.